The Hall–Kier alpha value is -0.500. The van der Waals surface area contributed by atoms with Crippen LogP contribution in [-0.2, 0) is 0 Å². The molecule has 2 rings (SSSR count). The summed E-state index contributed by atoms with van der Waals surface area (Å²) in [5.74, 6) is 0.871. The minimum Gasteiger partial charge on any atom is -0.381 e. The van der Waals surface area contributed by atoms with Crippen LogP contribution in [0.5, 0.6) is 0 Å². The fourth-order valence-corrected chi connectivity index (χ4v) is 3.64. The highest BCUT2D eigenvalue weighted by atomic mass is 79.9. The molecule has 1 aliphatic rings. The lowest BCUT2D eigenvalue weighted by atomic mass is 9.76. The quantitative estimate of drug-likeness (QED) is 0.636. The molecule has 0 spiro atoms. The molecule has 1 saturated carbocycles. The number of hydrogen-bond donors (Lipinski definition) is 1. The van der Waals surface area contributed by atoms with Crippen LogP contribution in [-0.4, -0.2) is 6.04 Å². The molecule has 0 aromatic heterocycles. The molecule has 1 aromatic carbocycles. The summed E-state index contributed by atoms with van der Waals surface area (Å²) in [6.07, 6.45) is 6.68. The Bertz CT molecular complexity index is 447. The SMILES string of the molecule is Cc1ccc(Br)c(NC2CCCC(C(C)(C)C)CC2)c1. The van der Waals surface area contributed by atoms with Crippen molar-refractivity contribution < 1.29 is 0 Å². The molecule has 0 bridgehead atoms. The van der Waals surface area contributed by atoms with E-state index in [1.807, 2.05) is 0 Å². The number of halogens is 1. The molecule has 0 radical (unpaired) electrons. The molecule has 2 heteroatoms. The van der Waals surface area contributed by atoms with Crippen LogP contribution in [0.2, 0.25) is 0 Å². The number of benzene rings is 1. The molecular formula is C18H28BrN. The van der Waals surface area contributed by atoms with E-state index in [1.165, 1.54) is 47.8 Å². The molecule has 0 saturated heterocycles. The first-order chi connectivity index (χ1) is 9.36. The van der Waals surface area contributed by atoms with Gasteiger partial charge in [0.2, 0.25) is 0 Å². The van der Waals surface area contributed by atoms with Crippen LogP contribution in [0, 0.1) is 18.3 Å². The Labute approximate surface area is 132 Å². The fourth-order valence-electron chi connectivity index (χ4n) is 3.28. The first-order valence-electron chi connectivity index (χ1n) is 7.89. The van der Waals surface area contributed by atoms with Gasteiger partial charge >= 0.3 is 0 Å². The molecule has 0 aliphatic heterocycles. The Balaban J connectivity index is 1.99. The van der Waals surface area contributed by atoms with E-state index in [1.54, 1.807) is 0 Å². The zero-order valence-corrected chi connectivity index (χ0v) is 14.9. The van der Waals surface area contributed by atoms with Crippen LogP contribution < -0.4 is 5.32 Å². The number of aryl methyl sites for hydroxylation is 1. The van der Waals surface area contributed by atoms with Crippen molar-refractivity contribution in [2.45, 2.75) is 65.8 Å². The van der Waals surface area contributed by atoms with E-state index in [4.69, 9.17) is 0 Å². The molecule has 112 valence electrons. The minimum absolute atomic E-state index is 0.457. The highest BCUT2D eigenvalue weighted by molar-refractivity contribution is 9.10. The smallest absolute Gasteiger partial charge is 0.0489 e. The van der Waals surface area contributed by atoms with Gasteiger partial charge in [0.05, 0.1) is 0 Å². The molecule has 1 N–H and O–H groups in total. The van der Waals surface area contributed by atoms with Crippen molar-refractivity contribution in [2.75, 3.05) is 5.32 Å². The third-order valence-electron chi connectivity index (χ3n) is 4.67. The van der Waals surface area contributed by atoms with Crippen molar-refractivity contribution in [1.29, 1.82) is 0 Å². The van der Waals surface area contributed by atoms with Gasteiger partial charge in [0, 0.05) is 16.2 Å². The Morgan fingerprint density at radius 3 is 2.55 bits per heavy atom. The lowest BCUT2D eigenvalue weighted by molar-refractivity contribution is 0.214. The lowest BCUT2D eigenvalue weighted by Gasteiger charge is -2.29. The topological polar surface area (TPSA) is 12.0 Å². The van der Waals surface area contributed by atoms with E-state index in [-0.39, 0.29) is 0 Å². The Kier molecular flexibility index (Phi) is 5.17. The molecule has 2 atom stereocenters. The third kappa shape index (κ3) is 4.25. The average molecular weight is 338 g/mol. The highest BCUT2D eigenvalue weighted by Crippen LogP contribution is 2.37. The maximum atomic E-state index is 3.76. The van der Waals surface area contributed by atoms with Crippen molar-refractivity contribution in [3.05, 3.63) is 28.2 Å². The summed E-state index contributed by atoms with van der Waals surface area (Å²) in [6.45, 7) is 9.33. The second-order valence-electron chi connectivity index (χ2n) is 7.40. The van der Waals surface area contributed by atoms with E-state index >= 15 is 0 Å². The summed E-state index contributed by atoms with van der Waals surface area (Å²) in [5.41, 5.74) is 3.03. The summed E-state index contributed by atoms with van der Waals surface area (Å²) in [4.78, 5) is 0. The van der Waals surface area contributed by atoms with Crippen molar-refractivity contribution in [1.82, 2.24) is 0 Å². The van der Waals surface area contributed by atoms with Crippen LogP contribution in [0.4, 0.5) is 5.69 Å². The van der Waals surface area contributed by atoms with Gasteiger partial charge in [-0.1, -0.05) is 33.3 Å². The summed E-state index contributed by atoms with van der Waals surface area (Å²) in [5, 5.41) is 3.76. The van der Waals surface area contributed by atoms with Crippen LogP contribution in [0.1, 0.15) is 58.4 Å². The maximum Gasteiger partial charge on any atom is 0.0489 e. The van der Waals surface area contributed by atoms with Crippen LogP contribution in [0.15, 0.2) is 22.7 Å². The number of hydrogen-bond acceptors (Lipinski definition) is 1. The molecule has 20 heavy (non-hydrogen) atoms. The summed E-state index contributed by atoms with van der Waals surface area (Å²) < 4.78 is 1.18. The van der Waals surface area contributed by atoms with Crippen molar-refractivity contribution in [2.24, 2.45) is 11.3 Å². The minimum atomic E-state index is 0.457. The summed E-state index contributed by atoms with van der Waals surface area (Å²) in [7, 11) is 0. The van der Waals surface area contributed by atoms with Crippen molar-refractivity contribution in [3.8, 4) is 0 Å². The largest absolute Gasteiger partial charge is 0.381 e. The molecule has 0 amide bonds. The molecule has 1 fully saturated rings. The molecule has 2 unspecified atom stereocenters. The predicted octanol–water partition coefficient (Wildman–Crippen LogP) is 6.16. The highest BCUT2D eigenvalue weighted by Gasteiger charge is 2.27. The van der Waals surface area contributed by atoms with E-state index in [9.17, 15) is 0 Å². The zero-order valence-electron chi connectivity index (χ0n) is 13.3. The number of anilines is 1. The van der Waals surface area contributed by atoms with Crippen molar-refractivity contribution in [3.63, 3.8) is 0 Å². The average Bonchev–Trinajstić information content (AvgIpc) is 2.59. The van der Waals surface area contributed by atoms with Gasteiger partial charge in [-0.15, -0.1) is 0 Å². The predicted molar refractivity (Wildman–Crippen MR) is 92.3 cm³/mol. The van der Waals surface area contributed by atoms with Gasteiger partial charge in [-0.05, 0) is 77.6 Å². The van der Waals surface area contributed by atoms with E-state index in [0.29, 0.717) is 11.5 Å². The second kappa shape index (κ2) is 6.51. The molecular weight excluding hydrogens is 310 g/mol. The van der Waals surface area contributed by atoms with Gasteiger partial charge in [0.1, 0.15) is 0 Å². The van der Waals surface area contributed by atoms with E-state index in [2.05, 4.69) is 67.1 Å². The van der Waals surface area contributed by atoms with Gasteiger partial charge in [-0.25, -0.2) is 0 Å². The van der Waals surface area contributed by atoms with Gasteiger partial charge in [-0.2, -0.15) is 0 Å². The third-order valence-corrected chi connectivity index (χ3v) is 5.37. The standard InChI is InChI=1S/C18H28BrN/c1-13-8-11-16(19)17(12-13)20-15-7-5-6-14(9-10-15)18(2,3)4/h8,11-12,14-15,20H,5-7,9-10H2,1-4H3. The van der Waals surface area contributed by atoms with Gasteiger partial charge in [0.25, 0.3) is 0 Å². The lowest BCUT2D eigenvalue weighted by Crippen LogP contribution is -2.21. The summed E-state index contributed by atoms with van der Waals surface area (Å²) >= 11 is 3.66. The molecule has 1 nitrogen and oxygen atoms in total. The van der Waals surface area contributed by atoms with Gasteiger partial charge in [0.15, 0.2) is 0 Å². The monoisotopic (exact) mass is 337 g/mol. The Morgan fingerprint density at radius 1 is 1.10 bits per heavy atom. The van der Waals surface area contributed by atoms with Gasteiger partial charge in [-0.3, -0.25) is 0 Å². The first kappa shape index (κ1) is 15.9. The van der Waals surface area contributed by atoms with Crippen LogP contribution >= 0.6 is 15.9 Å². The first-order valence-corrected chi connectivity index (χ1v) is 8.68. The van der Waals surface area contributed by atoms with Crippen molar-refractivity contribution >= 4 is 21.6 Å². The second-order valence-corrected chi connectivity index (χ2v) is 8.25. The Morgan fingerprint density at radius 2 is 1.85 bits per heavy atom. The maximum absolute atomic E-state index is 3.76. The normalized spacial score (nSPS) is 24.2. The molecule has 1 aromatic rings. The van der Waals surface area contributed by atoms with E-state index < -0.39 is 0 Å². The molecule has 0 heterocycles. The fraction of sp³-hybridized carbons (Fsp3) is 0.667. The number of nitrogens with one attached hydrogen (secondary N) is 1. The molecule has 1 aliphatic carbocycles. The van der Waals surface area contributed by atoms with E-state index in [0.717, 1.165) is 5.92 Å². The van der Waals surface area contributed by atoms with Crippen LogP contribution in [0.3, 0.4) is 0 Å². The summed E-state index contributed by atoms with van der Waals surface area (Å²) in [6, 6.07) is 7.17. The van der Waals surface area contributed by atoms with Gasteiger partial charge < -0.3 is 5.32 Å². The number of rotatable bonds is 2. The zero-order chi connectivity index (χ0) is 14.8. The van der Waals surface area contributed by atoms with Crippen LogP contribution in [0.25, 0.3) is 0 Å².